The van der Waals surface area contributed by atoms with E-state index in [4.69, 9.17) is 0 Å². The number of anilines is 2. The summed E-state index contributed by atoms with van der Waals surface area (Å²) in [6.45, 7) is 1.71. The maximum absolute atomic E-state index is 4.48. The molecule has 1 aliphatic rings. The quantitative estimate of drug-likeness (QED) is 0.544. The summed E-state index contributed by atoms with van der Waals surface area (Å²) in [6, 6.07) is 2.30. The molecule has 5 heterocycles. The molecule has 1 aliphatic heterocycles. The minimum atomic E-state index is 0.344. The first-order chi connectivity index (χ1) is 12.3. The molecule has 0 bridgehead atoms. The summed E-state index contributed by atoms with van der Waals surface area (Å²) < 4.78 is 1.88. The predicted octanol–water partition coefficient (Wildman–Crippen LogP) is 0.787. The first kappa shape index (κ1) is 14.0. The lowest BCUT2D eigenvalue weighted by atomic mass is 10.1. The number of hydrogen-bond acceptors (Lipinski definition) is 8. The molecule has 0 spiro atoms. The fourth-order valence-corrected chi connectivity index (χ4v) is 3.19. The lowest BCUT2D eigenvalue weighted by Crippen LogP contribution is -2.59. The van der Waals surface area contributed by atoms with Crippen molar-refractivity contribution >= 4 is 28.2 Å². The Labute approximate surface area is 143 Å². The number of hydrogen-bond donors (Lipinski definition) is 0. The zero-order valence-corrected chi connectivity index (χ0v) is 13.6. The summed E-state index contributed by atoms with van der Waals surface area (Å²) in [7, 11) is 2.06. The molecule has 4 aromatic heterocycles. The number of rotatable bonds is 3. The Morgan fingerprint density at radius 3 is 3.00 bits per heavy atom. The second-order valence-corrected chi connectivity index (χ2v) is 6.07. The van der Waals surface area contributed by atoms with Crippen LogP contribution in [0, 0.1) is 0 Å². The van der Waals surface area contributed by atoms with Gasteiger partial charge in [0.15, 0.2) is 5.82 Å². The SMILES string of the molecule is CN(c1ncnc2cnccc12)C1CN(c2nccn3cnnc23)C1. The second-order valence-electron chi connectivity index (χ2n) is 6.07. The summed E-state index contributed by atoms with van der Waals surface area (Å²) in [5, 5.41) is 9.12. The van der Waals surface area contributed by atoms with Crippen LogP contribution in [0.2, 0.25) is 0 Å². The normalized spacial score (nSPS) is 14.8. The third-order valence-corrected chi connectivity index (χ3v) is 4.66. The molecular weight excluding hydrogens is 318 g/mol. The zero-order valence-electron chi connectivity index (χ0n) is 13.6. The van der Waals surface area contributed by atoms with Crippen molar-refractivity contribution in [3.63, 3.8) is 0 Å². The van der Waals surface area contributed by atoms with Crippen LogP contribution in [0.4, 0.5) is 11.6 Å². The zero-order chi connectivity index (χ0) is 16.8. The van der Waals surface area contributed by atoms with E-state index >= 15 is 0 Å². The van der Waals surface area contributed by atoms with E-state index in [-0.39, 0.29) is 0 Å². The molecule has 0 unspecified atom stereocenters. The fraction of sp³-hybridized carbons (Fsp3) is 0.250. The van der Waals surface area contributed by atoms with Crippen LogP contribution in [0.25, 0.3) is 16.6 Å². The van der Waals surface area contributed by atoms with Crippen LogP contribution in [0.5, 0.6) is 0 Å². The number of pyridine rings is 1. The third kappa shape index (κ3) is 2.16. The molecule has 1 saturated heterocycles. The van der Waals surface area contributed by atoms with Crippen molar-refractivity contribution in [3.05, 3.63) is 43.5 Å². The molecule has 0 amide bonds. The van der Waals surface area contributed by atoms with E-state index in [9.17, 15) is 0 Å². The minimum absolute atomic E-state index is 0.344. The van der Waals surface area contributed by atoms with E-state index in [0.29, 0.717) is 6.04 Å². The number of aromatic nitrogens is 7. The van der Waals surface area contributed by atoms with Crippen molar-refractivity contribution in [1.29, 1.82) is 0 Å². The van der Waals surface area contributed by atoms with Gasteiger partial charge >= 0.3 is 0 Å². The molecular formula is C16H15N9. The van der Waals surface area contributed by atoms with Gasteiger partial charge in [0.05, 0.1) is 17.8 Å². The Kier molecular flexibility index (Phi) is 2.99. The van der Waals surface area contributed by atoms with Gasteiger partial charge in [-0.2, -0.15) is 0 Å². The predicted molar refractivity (Wildman–Crippen MR) is 92.5 cm³/mol. The Hall–Kier alpha value is -3.36. The van der Waals surface area contributed by atoms with Crippen molar-refractivity contribution in [1.82, 2.24) is 34.5 Å². The van der Waals surface area contributed by atoms with E-state index in [2.05, 4.69) is 47.0 Å². The Bertz CT molecular complexity index is 1050. The highest BCUT2D eigenvalue weighted by Crippen LogP contribution is 2.28. The maximum atomic E-state index is 4.48. The highest BCUT2D eigenvalue weighted by Gasteiger charge is 2.33. The molecule has 0 N–H and O–H groups in total. The molecule has 0 atom stereocenters. The van der Waals surface area contributed by atoms with Gasteiger partial charge in [0.1, 0.15) is 18.5 Å². The number of likely N-dealkylation sites (N-methyl/N-ethyl adjacent to an activating group) is 1. The van der Waals surface area contributed by atoms with E-state index in [0.717, 1.165) is 41.3 Å². The van der Waals surface area contributed by atoms with Crippen molar-refractivity contribution < 1.29 is 0 Å². The standard InChI is InChI=1S/C16H15N9/c1-23(14-12-2-3-17-6-13(12)19-9-20-14)11-7-25(8-11)15-16-22-21-10-24(16)5-4-18-15/h2-6,9-11H,7-8H2,1H3. The summed E-state index contributed by atoms with van der Waals surface area (Å²) in [5.41, 5.74) is 1.63. The van der Waals surface area contributed by atoms with Crippen LogP contribution < -0.4 is 9.80 Å². The van der Waals surface area contributed by atoms with Gasteiger partial charge in [-0.3, -0.25) is 9.38 Å². The van der Waals surface area contributed by atoms with Crippen LogP contribution in [-0.4, -0.2) is 60.7 Å². The Balaban J connectivity index is 1.40. The van der Waals surface area contributed by atoms with Crippen LogP contribution >= 0.6 is 0 Å². The van der Waals surface area contributed by atoms with E-state index in [1.54, 1.807) is 31.2 Å². The molecule has 25 heavy (non-hydrogen) atoms. The molecule has 9 heteroatoms. The van der Waals surface area contributed by atoms with Crippen molar-refractivity contribution in [2.75, 3.05) is 29.9 Å². The smallest absolute Gasteiger partial charge is 0.203 e. The summed E-state index contributed by atoms with van der Waals surface area (Å²) in [4.78, 5) is 21.8. The van der Waals surface area contributed by atoms with Crippen LogP contribution in [0.15, 0.2) is 43.5 Å². The molecule has 1 fully saturated rings. The van der Waals surface area contributed by atoms with E-state index in [1.165, 1.54) is 0 Å². The largest absolute Gasteiger partial charge is 0.353 e. The van der Waals surface area contributed by atoms with Crippen LogP contribution in [0.1, 0.15) is 0 Å². The molecule has 4 aromatic rings. The lowest BCUT2D eigenvalue weighted by molar-refractivity contribution is 0.491. The molecule has 0 aliphatic carbocycles. The molecule has 124 valence electrons. The van der Waals surface area contributed by atoms with Gasteiger partial charge in [0, 0.05) is 44.1 Å². The van der Waals surface area contributed by atoms with Crippen molar-refractivity contribution in [2.45, 2.75) is 6.04 Å². The molecule has 9 nitrogen and oxygen atoms in total. The second kappa shape index (κ2) is 5.33. The Morgan fingerprint density at radius 1 is 1.16 bits per heavy atom. The van der Waals surface area contributed by atoms with Gasteiger partial charge in [-0.1, -0.05) is 0 Å². The monoisotopic (exact) mass is 333 g/mol. The van der Waals surface area contributed by atoms with E-state index < -0.39 is 0 Å². The number of fused-ring (bicyclic) bond motifs is 2. The summed E-state index contributed by atoms with van der Waals surface area (Å²) >= 11 is 0. The van der Waals surface area contributed by atoms with Crippen LogP contribution in [-0.2, 0) is 0 Å². The molecule has 0 radical (unpaired) electrons. The van der Waals surface area contributed by atoms with Crippen molar-refractivity contribution in [3.8, 4) is 0 Å². The average Bonchev–Trinajstić information content (AvgIpc) is 3.09. The highest BCUT2D eigenvalue weighted by atomic mass is 15.4. The molecule has 0 saturated carbocycles. The van der Waals surface area contributed by atoms with Gasteiger partial charge in [-0.05, 0) is 6.07 Å². The number of nitrogens with zero attached hydrogens (tertiary/aromatic N) is 9. The fourth-order valence-electron chi connectivity index (χ4n) is 3.19. The summed E-state index contributed by atoms with van der Waals surface area (Å²) in [6.07, 6.45) is 10.4. The first-order valence-corrected chi connectivity index (χ1v) is 7.98. The Morgan fingerprint density at radius 2 is 2.08 bits per heavy atom. The van der Waals surface area contributed by atoms with Gasteiger partial charge in [-0.25, -0.2) is 15.0 Å². The molecule has 5 rings (SSSR count). The van der Waals surface area contributed by atoms with Gasteiger partial charge in [0.2, 0.25) is 5.65 Å². The topological polar surface area (TPSA) is 88.2 Å². The van der Waals surface area contributed by atoms with Crippen molar-refractivity contribution in [2.24, 2.45) is 0 Å². The maximum Gasteiger partial charge on any atom is 0.203 e. The van der Waals surface area contributed by atoms with E-state index in [1.807, 2.05) is 16.7 Å². The third-order valence-electron chi connectivity index (χ3n) is 4.66. The lowest BCUT2D eigenvalue weighted by Gasteiger charge is -2.45. The first-order valence-electron chi connectivity index (χ1n) is 7.98. The average molecular weight is 333 g/mol. The molecule has 0 aromatic carbocycles. The van der Waals surface area contributed by atoms with Gasteiger partial charge in [0.25, 0.3) is 0 Å². The van der Waals surface area contributed by atoms with Gasteiger partial charge < -0.3 is 9.80 Å². The highest BCUT2D eigenvalue weighted by molar-refractivity contribution is 5.88. The van der Waals surface area contributed by atoms with Crippen LogP contribution in [0.3, 0.4) is 0 Å². The van der Waals surface area contributed by atoms with Gasteiger partial charge in [-0.15, -0.1) is 10.2 Å². The minimum Gasteiger partial charge on any atom is -0.353 e. The summed E-state index contributed by atoms with van der Waals surface area (Å²) in [5.74, 6) is 1.78.